The van der Waals surface area contributed by atoms with Crippen LogP contribution < -0.4 is 10.6 Å². The lowest BCUT2D eigenvalue weighted by molar-refractivity contribution is -0.122. The van der Waals surface area contributed by atoms with E-state index in [-0.39, 0.29) is 11.9 Å². The minimum atomic E-state index is 0.0928. The van der Waals surface area contributed by atoms with Crippen LogP contribution in [0.2, 0.25) is 0 Å². The molecule has 0 spiro atoms. The van der Waals surface area contributed by atoms with E-state index in [1.54, 1.807) is 0 Å². The number of carbonyl (C=O) groups excluding carboxylic acids is 1. The monoisotopic (exact) mass is 246 g/mol. The van der Waals surface area contributed by atoms with Crippen molar-refractivity contribution in [3.8, 4) is 0 Å². The molecule has 2 atom stereocenters. The third kappa shape index (κ3) is 3.84. The smallest absolute Gasteiger partial charge is 0.220 e. The molecule has 2 N–H and O–H groups in total. The van der Waals surface area contributed by atoms with E-state index in [1.807, 2.05) is 37.3 Å². The van der Waals surface area contributed by atoms with Gasteiger partial charge in [0, 0.05) is 6.42 Å². The van der Waals surface area contributed by atoms with Gasteiger partial charge in [0.2, 0.25) is 5.91 Å². The van der Waals surface area contributed by atoms with Gasteiger partial charge in [0.1, 0.15) is 0 Å². The van der Waals surface area contributed by atoms with Gasteiger partial charge in [0.05, 0.1) is 6.04 Å². The summed E-state index contributed by atoms with van der Waals surface area (Å²) < 4.78 is 0. The van der Waals surface area contributed by atoms with Crippen LogP contribution in [-0.4, -0.2) is 19.0 Å². The molecule has 3 nitrogen and oxygen atoms in total. The number of nitrogens with one attached hydrogen (secondary N) is 2. The van der Waals surface area contributed by atoms with Crippen LogP contribution in [0.4, 0.5) is 0 Å². The third-order valence-corrected chi connectivity index (χ3v) is 3.55. The molecule has 98 valence electrons. The molecule has 1 heterocycles. The van der Waals surface area contributed by atoms with E-state index in [0.29, 0.717) is 12.3 Å². The van der Waals surface area contributed by atoms with Crippen molar-refractivity contribution in [1.29, 1.82) is 0 Å². The molecule has 2 unspecified atom stereocenters. The van der Waals surface area contributed by atoms with Crippen molar-refractivity contribution in [3.63, 3.8) is 0 Å². The Balaban J connectivity index is 1.80. The predicted molar refractivity (Wildman–Crippen MR) is 73.2 cm³/mol. The summed E-state index contributed by atoms with van der Waals surface area (Å²) in [5, 5.41) is 6.42. The average molecular weight is 246 g/mol. The molecule has 1 saturated heterocycles. The maximum Gasteiger partial charge on any atom is 0.220 e. The Kier molecular flexibility index (Phi) is 4.76. The minimum Gasteiger partial charge on any atom is -0.350 e. The largest absolute Gasteiger partial charge is 0.350 e. The second-order valence-electron chi connectivity index (χ2n) is 5.12. The Hall–Kier alpha value is -1.35. The summed E-state index contributed by atoms with van der Waals surface area (Å²) in [7, 11) is 0. The van der Waals surface area contributed by atoms with Gasteiger partial charge in [-0.3, -0.25) is 4.79 Å². The molecule has 2 rings (SSSR count). The van der Waals surface area contributed by atoms with Gasteiger partial charge >= 0.3 is 0 Å². The predicted octanol–water partition coefficient (Wildman–Crippen LogP) is 2.25. The van der Waals surface area contributed by atoms with Gasteiger partial charge < -0.3 is 10.6 Å². The fraction of sp³-hybridized carbons (Fsp3) is 0.533. The van der Waals surface area contributed by atoms with Crippen molar-refractivity contribution in [1.82, 2.24) is 10.6 Å². The Labute approximate surface area is 109 Å². The Bertz CT molecular complexity index is 371. The van der Waals surface area contributed by atoms with Crippen LogP contribution in [0.3, 0.4) is 0 Å². The minimum absolute atomic E-state index is 0.0928. The number of amides is 1. The molecular formula is C15H22N2O. The molecule has 1 fully saturated rings. The zero-order valence-electron chi connectivity index (χ0n) is 11.0. The van der Waals surface area contributed by atoms with Gasteiger partial charge in [-0.25, -0.2) is 0 Å². The molecule has 0 radical (unpaired) electrons. The van der Waals surface area contributed by atoms with Crippen molar-refractivity contribution >= 4 is 5.91 Å². The van der Waals surface area contributed by atoms with Gasteiger partial charge in [-0.05, 0) is 44.3 Å². The topological polar surface area (TPSA) is 41.1 Å². The van der Waals surface area contributed by atoms with E-state index in [9.17, 15) is 4.79 Å². The van der Waals surface area contributed by atoms with E-state index in [0.717, 1.165) is 18.7 Å². The first kappa shape index (κ1) is 13.1. The first-order chi connectivity index (χ1) is 8.75. The third-order valence-electron chi connectivity index (χ3n) is 3.55. The summed E-state index contributed by atoms with van der Waals surface area (Å²) in [6, 6.07) is 10.2. The maximum absolute atomic E-state index is 12.0. The van der Waals surface area contributed by atoms with E-state index in [2.05, 4.69) is 10.6 Å². The standard InChI is InChI=1S/C15H22N2O/c1-12(14-7-3-2-4-8-14)17-15(18)10-13-6-5-9-16-11-13/h2-4,7-8,12-13,16H,5-6,9-11H2,1H3,(H,17,18). The van der Waals surface area contributed by atoms with Gasteiger partial charge in [-0.1, -0.05) is 30.3 Å². The Morgan fingerprint density at radius 3 is 2.89 bits per heavy atom. The maximum atomic E-state index is 12.0. The number of rotatable bonds is 4. The highest BCUT2D eigenvalue weighted by Gasteiger charge is 2.17. The first-order valence-electron chi connectivity index (χ1n) is 6.80. The summed E-state index contributed by atoms with van der Waals surface area (Å²) in [4.78, 5) is 12.0. The number of hydrogen-bond donors (Lipinski definition) is 2. The van der Waals surface area contributed by atoms with E-state index in [1.165, 1.54) is 12.8 Å². The normalized spacial score (nSPS) is 21.3. The highest BCUT2D eigenvalue weighted by Crippen LogP contribution is 2.16. The summed E-state index contributed by atoms with van der Waals surface area (Å²) in [6.45, 7) is 4.11. The summed E-state index contributed by atoms with van der Waals surface area (Å²) in [5.74, 6) is 0.668. The van der Waals surface area contributed by atoms with E-state index >= 15 is 0 Å². The van der Waals surface area contributed by atoms with Crippen molar-refractivity contribution in [2.24, 2.45) is 5.92 Å². The van der Waals surface area contributed by atoms with Crippen molar-refractivity contribution in [2.45, 2.75) is 32.2 Å². The summed E-state index contributed by atoms with van der Waals surface area (Å²) in [5.41, 5.74) is 1.16. The molecule has 0 saturated carbocycles. The number of hydrogen-bond acceptors (Lipinski definition) is 2. The van der Waals surface area contributed by atoms with E-state index < -0.39 is 0 Å². The molecule has 0 aromatic heterocycles. The molecule has 0 aliphatic carbocycles. The van der Waals surface area contributed by atoms with Crippen LogP contribution in [0.25, 0.3) is 0 Å². The van der Waals surface area contributed by atoms with E-state index in [4.69, 9.17) is 0 Å². The second kappa shape index (κ2) is 6.55. The van der Waals surface area contributed by atoms with Crippen LogP contribution in [0.1, 0.15) is 37.8 Å². The van der Waals surface area contributed by atoms with Crippen molar-refractivity contribution in [3.05, 3.63) is 35.9 Å². The van der Waals surface area contributed by atoms with Gasteiger partial charge in [0.15, 0.2) is 0 Å². The quantitative estimate of drug-likeness (QED) is 0.855. The Morgan fingerprint density at radius 1 is 1.44 bits per heavy atom. The number of carbonyl (C=O) groups is 1. The molecule has 0 bridgehead atoms. The molecule has 18 heavy (non-hydrogen) atoms. The van der Waals surface area contributed by atoms with Crippen LogP contribution >= 0.6 is 0 Å². The van der Waals surface area contributed by atoms with Crippen molar-refractivity contribution in [2.75, 3.05) is 13.1 Å². The summed E-state index contributed by atoms with van der Waals surface area (Å²) in [6.07, 6.45) is 3.00. The highest BCUT2D eigenvalue weighted by molar-refractivity contribution is 5.76. The zero-order valence-corrected chi connectivity index (χ0v) is 11.0. The lowest BCUT2D eigenvalue weighted by Gasteiger charge is -2.23. The van der Waals surface area contributed by atoms with Crippen LogP contribution in [0, 0.1) is 5.92 Å². The molecule has 1 aromatic rings. The SMILES string of the molecule is CC(NC(=O)CC1CCCNC1)c1ccccc1. The fourth-order valence-corrected chi connectivity index (χ4v) is 2.49. The first-order valence-corrected chi connectivity index (χ1v) is 6.80. The van der Waals surface area contributed by atoms with Gasteiger partial charge in [-0.15, -0.1) is 0 Å². The van der Waals surface area contributed by atoms with Gasteiger partial charge in [0.25, 0.3) is 0 Å². The molecular weight excluding hydrogens is 224 g/mol. The molecule has 3 heteroatoms. The molecule has 1 aliphatic heterocycles. The van der Waals surface area contributed by atoms with Gasteiger partial charge in [-0.2, -0.15) is 0 Å². The molecule has 1 aromatic carbocycles. The average Bonchev–Trinajstić information content (AvgIpc) is 2.40. The molecule has 1 amide bonds. The fourth-order valence-electron chi connectivity index (χ4n) is 2.49. The lowest BCUT2D eigenvalue weighted by Crippen LogP contribution is -2.35. The molecule has 1 aliphatic rings. The summed E-state index contributed by atoms with van der Waals surface area (Å²) >= 11 is 0. The van der Waals surface area contributed by atoms with Crippen molar-refractivity contribution < 1.29 is 4.79 Å². The zero-order chi connectivity index (χ0) is 12.8. The van der Waals surface area contributed by atoms with Crippen LogP contribution in [0.5, 0.6) is 0 Å². The van der Waals surface area contributed by atoms with Crippen LogP contribution in [-0.2, 0) is 4.79 Å². The second-order valence-corrected chi connectivity index (χ2v) is 5.12. The number of piperidine rings is 1. The van der Waals surface area contributed by atoms with Crippen LogP contribution in [0.15, 0.2) is 30.3 Å². The highest BCUT2D eigenvalue weighted by atomic mass is 16.1. The Morgan fingerprint density at radius 2 is 2.22 bits per heavy atom. The lowest BCUT2D eigenvalue weighted by atomic mass is 9.95. The number of benzene rings is 1.